The van der Waals surface area contributed by atoms with Gasteiger partial charge in [0.05, 0.1) is 19.9 Å². The Labute approximate surface area is 159 Å². The molecule has 0 bridgehead atoms. The fourth-order valence-electron chi connectivity index (χ4n) is 2.50. The Morgan fingerprint density at radius 3 is 2.30 bits per heavy atom. The van der Waals surface area contributed by atoms with Gasteiger partial charge in [-0.1, -0.05) is 35.9 Å². The minimum Gasteiger partial charge on any atom is -0.465 e. The van der Waals surface area contributed by atoms with Crippen molar-refractivity contribution in [2.45, 2.75) is 0 Å². The maximum atomic E-state index is 12.3. The average molecular weight is 384 g/mol. The molecule has 0 aliphatic heterocycles. The van der Waals surface area contributed by atoms with Crippen molar-refractivity contribution in [1.82, 2.24) is 4.98 Å². The molecule has 7 nitrogen and oxygen atoms in total. The summed E-state index contributed by atoms with van der Waals surface area (Å²) in [7, 11) is 2.41. The van der Waals surface area contributed by atoms with Crippen LogP contribution in [0.15, 0.2) is 58.8 Å². The molecule has 1 aromatic heterocycles. The van der Waals surface area contributed by atoms with E-state index in [4.69, 9.17) is 21.1 Å². The lowest BCUT2D eigenvalue weighted by atomic mass is 10.0. The first-order chi connectivity index (χ1) is 13.0. The van der Waals surface area contributed by atoms with Gasteiger partial charge in [-0.2, -0.15) is 0 Å². The van der Waals surface area contributed by atoms with E-state index < -0.39 is 11.9 Å². The Morgan fingerprint density at radius 1 is 0.926 bits per heavy atom. The molecule has 0 radical (unpaired) electrons. The highest BCUT2D eigenvalue weighted by molar-refractivity contribution is 6.31. The number of azo groups is 1. The van der Waals surface area contributed by atoms with Gasteiger partial charge in [-0.3, -0.25) is 0 Å². The zero-order chi connectivity index (χ0) is 19.4. The van der Waals surface area contributed by atoms with Crippen molar-refractivity contribution in [2.24, 2.45) is 10.2 Å². The van der Waals surface area contributed by atoms with Crippen molar-refractivity contribution in [3.63, 3.8) is 0 Å². The zero-order valence-corrected chi connectivity index (χ0v) is 15.2. The Kier molecular flexibility index (Phi) is 5.42. The maximum Gasteiger partial charge on any atom is 0.357 e. The number of ether oxygens (including phenoxy) is 2. The molecule has 0 aliphatic carbocycles. The molecule has 3 aromatic rings. The lowest BCUT2D eigenvalue weighted by Gasteiger charge is -2.11. The van der Waals surface area contributed by atoms with Gasteiger partial charge in [0.2, 0.25) is 0 Å². The van der Waals surface area contributed by atoms with Crippen LogP contribution in [0.25, 0.3) is 10.8 Å². The lowest BCUT2D eigenvalue weighted by molar-refractivity contribution is 0.0552. The van der Waals surface area contributed by atoms with Crippen molar-refractivity contribution in [1.29, 1.82) is 0 Å². The highest BCUT2D eigenvalue weighted by atomic mass is 35.5. The third-order valence-corrected chi connectivity index (χ3v) is 3.97. The van der Waals surface area contributed by atoms with Crippen LogP contribution < -0.4 is 0 Å². The number of carbonyl (C=O) groups is 2. The summed E-state index contributed by atoms with van der Waals surface area (Å²) >= 11 is 6.10. The highest BCUT2D eigenvalue weighted by Crippen LogP contribution is 2.33. The first-order valence-corrected chi connectivity index (χ1v) is 8.19. The SMILES string of the molecule is COC(=O)c1nc(N=Nc2ccccc2)c2cc(Cl)ccc2c1C(=O)OC. The maximum absolute atomic E-state index is 12.3. The normalized spacial score (nSPS) is 10.9. The van der Waals surface area contributed by atoms with Crippen LogP contribution >= 0.6 is 11.6 Å². The van der Waals surface area contributed by atoms with Crippen LogP contribution in [-0.4, -0.2) is 31.1 Å². The van der Waals surface area contributed by atoms with Gasteiger partial charge in [-0.15, -0.1) is 10.2 Å². The summed E-state index contributed by atoms with van der Waals surface area (Å²) in [5.74, 6) is -1.38. The molecule has 2 aromatic carbocycles. The number of hydrogen-bond donors (Lipinski definition) is 0. The largest absolute Gasteiger partial charge is 0.465 e. The Morgan fingerprint density at radius 2 is 1.63 bits per heavy atom. The fraction of sp³-hybridized carbons (Fsp3) is 0.105. The summed E-state index contributed by atoms with van der Waals surface area (Å²) in [5.41, 5.74) is 0.377. The number of pyridine rings is 1. The fourth-order valence-corrected chi connectivity index (χ4v) is 2.67. The summed E-state index contributed by atoms with van der Waals surface area (Å²) in [6.45, 7) is 0. The quantitative estimate of drug-likeness (QED) is 0.473. The number of benzene rings is 2. The van der Waals surface area contributed by atoms with Crippen molar-refractivity contribution < 1.29 is 19.1 Å². The second-order valence-corrected chi connectivity index (χ2v) is 5.80. The average Bonchev–Trinajstić information content (AvgIpc) is 2.71. The minimum atomic E-state index is -0.789. The highest BCUT2D eigenvalue weighted by Gasteiger charge is 2.25. The number of nitrogens with zero attached hydrogens (tertiary/aromatic N) is 3. The lowest BCUT2D eigenvalue weighted by Crippen LogP contribution is -2.14. The minimum absolute atomic E-state index is 0.0188. The summed E-state index contributed by atoms with van der Waals surface area (Å²) in [6.07, 6.45) is 0. The molecule has 0 atom stereocenters. The number of halogens is 1. The number of carbonyl (C=O) groups excluding carboxylic acids is 2. The molecule has 8 heteroatoms. The molecule has 136 valence electrons. The van der Waals surface area contributed by atoms with Gasteiger partial charge in [-0.05, 0) is 24.3 Å². The molecule has 0 N–H and O–H groups in total. The van der Waals surface area contributed by atoms with E-state index in [2.05, 4.69) is 15.2 Å². The number of methoxy groups -OCH3 is 2. The van der Waals surface area contributed by atoms with Gasteiger partial charge < -0.3 is 9.47 Å². The van der Waals surface area contributed by atoms with Crippen molar-refractivity contribution in [3.8, 4) is 0 Å². The van der Waals surface area contributed by atoms with E-state index in [9.17, 15) is 9.59 Å². The first kappa shape index (κ1) is 18.5. The summed E-state index contributed by atoms with van der Waals surface area (Å²) in [5, 5.41) is 9.55. The molecule has 3 rings (SSSR count). The third-order valence-electron chi connectivity index (χ3n) is 3.73. The smallest absolute Gasteiger partial charge is 0.357 e. The van der Waals surface area contributed by atoms with E-state index in [1.54, 1.807) is 30.3 Å². The van der Waals surface area contributed by atoms with E-state index in [0.717, 1.165) is 0 Å². The molecule has 0 spiro atoms. The molecular formula is C19H14ClN3O4. The van der Waals surface area contributed by atoms with E-state index in [1.807, 2.05) is 18.2 Å². The van der Waals surface area contributed by atoms with Gasteiger partial charge in [0.1, 0.15) is 5.56 Å². The molecule has 0 fully saturated rings. The van der Waals surface area contributed by atoms with E-state index >= 15 is 0 Å². The Balaban J connectivity index is 2.29. The van der Waals surface area contributed by atoms with Gasteiger partial charge in [0.15, 0.2) is 11.5 Å². The van der Waals surface area contributed by atoms with Crippen LogP contribution in [0.1, 0.15) is 20.8 Å². The Bertz CT molecular complexity index is 1050. The molecule has 0 aliphatic rings. The van der Waals surface area contributed by atoms with Crippen molar-refractivity contribution in [3.05, 3.63) is 64.8 Å². The standard InChI is InChI=1S/C19H14ClN3O4/c1-26-18(24)15-13-9-8-11(20)10-14(13)17(21-16(15)19(25)27-2)23-22-12-6-4-3-5-7-12/h3-10H,1-2H3. The van der Waals surface area contributed by atoms with Gasteiger partial charge in [0, 0.05) is 15.8 Å². The topological polar surface area (TPSA) is 90.2 Å². The van der Waals surface area contributed by atoms with Crippen LogP contribution in [0.4, 0.5) is 11.5 Å². The molecule has 0 unspecified atom stereocenters. The van der Waals surface area contributed by atoms with E-state index in [1.165, 1.54) is 14.2 Å². The van der Waals surface area contributed by atoms with E-state index in [0.29, 0.717) is 21.5 Å². The van der Waals surface area contributed by atoms with Crippen LogP contribution in [0.3, 0.4) is 0 Å². The van der Waals surface area contributed by atoms with Crippen LogP contribution in [0.5, 0.6) is 0 Å². The van der Waals surface area contributed by atoms with Crippen molar-refractivity contribution in [2.75, 3.05) is 14.2 Å². The van der Waals surface area contributed by atoms with Crippen LogP contribution in [0.2, 0.25) is 5.02 Å². The summed E-state index contributed by atoms with van der Waals surface area (Å²) in [6, 6.07) is 13.8. The predicted octanol–water partition coefficient (Wildman–Crippen LogP) is 4.88. The van der Waals surface area contributed by atoms with E-state index in [-0.39, 0.29) is 17.1 Å². The summed E-state index contributed by atoms with van der Waals surface area (Å²) in [4.78, 5) is 28.7. The van der Waals surface area contributed by atoms with Crippen LogP contribution in [0, 0.1) is 0 Å². The molecule has 0 saturated heterocycles. The predicted molar refractivity (Wildman–Crippen MR) is 100 cm³/mol. The second kappa shape index (κ2) is 7.92. The number of rotatable bonds is 4. The number of esters is 2. The monoisotopic (exact) mass is 383 g/mol. The molecular weight excluding hydrogens is 370 g/mol. The molecule has 0 amide bonds. The second-order valence-electron chi connectivity index (χ2n) is 5.37. The molecule has 27 heavy (non-hydrogen) atoms. The Hall–Kier alpha value is -3.32. The van der Waals surface area contributed by atoms with Gasteiger partial charge >= 0.3 is 11.9 Å². The molecule has 0 saturated carbocycles. The van der Waals surface area contributed by atoms with Gasteiger partial charge in [0.25, 0.3) is 0 Å². The van der Waals surface area contributed by atoms with Crippen LogP contribution in [-0.2, 0) is 9.47 Å². The first-order valence-electron chi connectivity index (χ1n) is 7.82. The number of hydrogen-bond acceptors (Lipinski definition) is 7. The molecule has 1 heterocycles. The van der Waals surface area contributed by atoms with Crippen molar-refractivity contribution >= 4 is 45.8 Å². The number of fused-ring (bicyclic) bond motifs is 1. The summed E-state index contributed by atoms with van der Waals surface area (Å²) < 4.78 is 9.56. The number of aromatic nitrogens is 1. The zero-order valence-electron chi connectivity index (χ0n) is 14.5. The van der Waals surface area contributed by atoms with Gasteiger partial charge in [-0.25, -0.2) is 14.6 Å². The third kappa shape index (κ3) is 3.78.